The molecule has 2 aliphatic rings. The fourth-order valence-electron chi connectivity index (χ4n) is 4.49. The number of fused-ring (bicyclic) bond motifs is 1. The average Bonchev–Trinajstić information content (AvgIpc) is 3.19. The Morgan fingerprint density at radius 2 is 2.00 bits per heavy atom. The number of esters is 1. The van der Waals surface area contributed by atoms with E-state index in [4.69, 9.17) is 4.74 Å². The molecule has 1 atom stereocenters. The first-order chi connectivity index (χ1) is 15.3. The molecule has 0 unspecified atom stereocenters. The summed E-state index contributed by atoms with van der Waals surface area (Å²) in [5.41, 5.74) is -0.971. The highest BCUT2D eigenvalue weighted by Gasteiger charge is 2.49. The molecule has 4 rings (SSSR count). The summed E-state index contributed by atoms with van der Waals surface area (Å²) in [5.74, 6) is -2.03. The minimum atomic E-state index is -1.37. The Morgan fingerprint density at radius 1 is 1.25 bits per heavy atom. The molecule has 1 N–H and O–H groups in total. The molecular weight excluding hydrogens is 415 g/mol. The van der Waals surface area contributed by atoms with Crippen LogP contribution in [-0.2, 0) is 16.1 Å². The van der Waals surface area contributed by atoms with Gasteiger partial charge in [0.05, 0.1) is 13.2 Å². The van der Waals surface area contributed by atoms with E-state index >= 15 is 0 Å². The van der Waals surface area contributed by atoms with Gasteiger partial charge in [-0.25, -0.2) is 9.18 Å². The fraction of sp³-hybridized carbons (Fsp3) is 0.478. The lowest BCUT2D eigenvalue weighted by Crippen LogP contribution is -2.65. The van der Waals surface area contributed by atoms with Crippen LogP contribution in [-0.4, -0.2) is 45.8 Å². The van der Waals surface area contributed by atoms with Crippen molar-refractivity contribution in [3.05, 3.63) is 47.5 Å². The van der Waals surface area contributed by atoms with Crippen molar-refractivity contribution in [1.82, 2.24) is 15.1 Å². The highest BCUT2D eigenvalue weighted by Crippen LogP contribution is 2.33. The maximum atomic E-state index is 14.0. The number of hydrogen-bond acceptors (Lipinski definition) is 5. The first kappa shape index (κ1) is 22.0. The second kappa shape index (κ2) is 8.72. The monoisotopic (exact) mass is 442 g/mol. The van der Waals surface area contributed by atoms with Gasteiger partial charge >= 0.3 is 5.97 Å². The number of hydrogen-bond donors (Lipinski definition) is 1. The number of nitrogens with one attached hydrogen (secondary N) is 1. The van der Waals surface area contributed by atoms with Crippen LogP contribution in [0.1, 0.15) is 66.9 Å². The molecule has 170 valence electrons. The largest absolute Gasteiger partial charge is 0.461 e. The van der Waals surface area contributed by atoms with E-state index in [1.165, 1.54) is 33.8 Å². The van der Waals surface area contributed by atoms with Crippen LogP contribution >= 0.6 is 0 Å². The molecule has 1 aliphatic heterocycles. The third-order valence-corrected chi connectivity index (χ3v) is 6.13. The number of nitrogens with zero attached hydrogens (tertiary/aromatic N) is 3. The van der Waals surface area contributed by atoms with Crippen molar-refractivity contribution in [3.8, 4) is 0 Å². The molecule has 1 saturated carbocycles. The maximum absolute atomic E-state index is 14.0. The number of halogens is 1. The molecular formula is C23H27FN4O4. The van der Waals surface area contributed by atoms with Crippen molar-refractivity contribution < 1.29 is 23.5 Å². The van der Waals surface area contributed by atoms with E-state index in [0.717, 1.165) is 32.1 Å². The second-order valence-electron chi connectivity index (χ2n) is 8.50. The number of aromatic nitrogens is 2. The Kier molecular flexibility index (Phi) is 5.99. The van der Waals surface area contributed by atoms with Gasteiger partial charge in [-0.1, -0.05) is 25.3 Å². The molecule has 9 heteroatoms. The molecule has 0 spiro atoms. The molecule has 2 heterocycles. The quantitative estimate of drug-likeness (QED) is 0.719. The molecule has 8 nitrogen and oxygen atoms in total. The van der Waals surface area contributed by atoms with E-state index in [-0.39, 0.29) is 42.2 Å². The van der Waals surface area contributed by atoms with Crippen molar-refractivity contribution in [2.45, 2.75) is 64.1 Å². The summed E-state index contributed by atoms with van der Waals surface area (Å²) in [7, 11) is 0. The molecule has 2 amide bonds. The molecule has 1 aromatic heterocycles. The van der Waals surface area contributed by atoms with Crippen LogP contribution in [0.25, 0.3) is 0 Å². The summed E-state index contributed by atoms with van der Waals surface area (Å²) in [6.45, 7) is 3.51. The molecule has 0 bridgehead atoms. The second-order valence-corrected chi connectivity index (χ2v) is 8.50. The van der Waals surface area contributed by atoms with Gasteiger partial charge in [-0.05, 0) is 44.9 Å². The third kappa shape index (κ3) is 3.99. The summed E-state index contributed by atoms with van der Waals surface area (Å²) in [4.78, 5) is 40.5. The Hall–Kier alpha value is -3.23. The standard InChI is InChI=1S/C23H27FN4O4/c1-3-32-21(30)18-13-19-20(29)28(17-11-7-8-15(24)12-17)23(2,14-27(19)26-18)22(31)25-16-9-5-4-6-10-16/h7-8,11-13,16H,3-6,9-10,14H2,1-2H3,(H,25,31)/t23-/m0/s1. The number of ether oxygens (including phenoxy) is 1. The zero-order valence-corrected chi connectivity index (χ0v) is 18.3. The Balaban J connectivity index is 1.74. The van der Waals surface area contributed by atoms with Crippen LogP contribution < -0.4 is 10.2 Å². The molecule has 0 saturated heterocycles. The number of benzene rings is 1. The average molecular weight is 442 g/mol. The van der Waals surface area contributed by atoms with Crippen molar-refractivity contribution >= 4 is 23.5 Å². The van der Waals surface area contributed by atoms with E-state index in [0.29, 0.717) is 0 Å². The molecule has 32 heavy (non-hydrogen) atoms. The normalized spacial score (nSPS) is 21.2. The number of anilines is 1. The van der Waals surface area contributed by atoms with Crippen molar-refractivity contribution in [2.24, 2.45) is 0 Å². The summed E-state index contributed by atoms with van der Waals surface area (Å²) < 4.78 is 20.4. The Labute approximate surface area is 185 Å². The highest BCUT2D eigenvalue weighted by atomic mass is 19.1. The van der Waals surface area contributed by atoms with E-state index in [1.807, 2.05) is 0 Å². The van der Waals surface area contributed by atoms with Crippen molar-refractivity contribution in [3.63, 3.8) is 0 Å². The summed E-state index contributed by atoms with van der Waals surface area (Å²) in [5, 5.41) is 7.32. The van der Waals surface area contributed by atoms with Crippen LogP contribution in [0.15, 0.2) is 30.3 Å². The van der Waals surface area contributed by atoms with Gasteiger partial charge in [0.1, 0.15) is 17.1 Å². The van der Waals surface area contributed by atoms with E-state index in [2.05, 4.69) is 10.4 Å². The van der Waals surface area contributed by atoms with Crippen LogP contribution in [0.4, 0.5) is 10.1 Å². The summed E-state index contributed by atoms with van der Waals surface area (Å²) in [6.07, 6.45) is 5.00. The van der Waals surface area contributed by atoms with Crippen LogP contribution in [0.2, 0.25) is 0 Å². The Morgan fingerprint density at radius 3 is 2.69 bits per heavy atom. The minimum absolute atomic E-state index is 0.00803. The van der Waals surface area contributed by atoms with Gasteiger partial charge in [-0.2, -0.15) is 5.10 Å². The smallest absolute Gasteiger partial charge is 0.358 e. The van der Waals surface area contributed by atoms with Gasteiger partial charge in [-0.15, -0.1) is 0 Å². The Bertz CT molecular complexity index is 1050. The number of carbonyl (C=O) groups excluding carboxylic acids is 3. The number of rotatable bonds is 5. The highest BCUT2D eigenvalue weighted by molar-refractivity contribution is 6.12. The van der Waals surface area contributed by atoms with Crippen molar-refractivity contribution in [2.75, 3.05) is 11.5 Å². The van der Waals surface area contributed by atoms with Gasteiger partial charge in [0.15, 0.2) is 5.69 Å². The van der Waals surface area contributed by atoms with Gasteiger partial charge in [0.25, 0.3) is 5.91 Å². The van der Waals surface area contributed by atoms with E-state index in [1.54, 1.807) is 19.9 Å². The van der Waals surface area contributed by atoms with Crippen LogP contribution in [0, 0.1) is 5.82 Å². The topological polar surface area (TPSA) is 93.5 Å². The number of amides is 2. The van der Waals surface area contributed by atoms with Gasteiger partial charge in [0, 0.05) is 17.8 Å². The lowest BCUT2D eigenvalue weighted by Gasteiger charge is -2.44. The first-order valence-electron chi connectivity index (χ1n) is 11.0. The molecule has 1 aromatic carbocycles. The molecule has 0 radical (unpaired) electrons. The lowest BCUT2D eigenvalue weighted by molar-refractivity contribution is -0.127. The van der Waals surface area contributed by atoms with Gasteiger partial charge in [0.2, 0.25) is 5.91 Å². The zero-order chi connectivity index (χ0) is 22.9. The van der Waals surface area contributed by atoms with E-state index in [9.17, 15) is 18.8 Å². The molecule has 1 aliphatic carbocycles. The summed E-state index contributed by atoms with van der Waals surface area (Å²) in [6, 6.07) is 6.97. The van der Waals surface area contributed by atoms with Gasteiger partial charge < -0.3 is 10.1 Å². The predicted molar refractivity (Wildman–Crippen MR) is 115 cm³/mol. The minimum Gasteiger partial charge on any atom is -0.461 e. The third-order valence-electron chi connectivity index (χ3n) is 6.13. The SMILES string of the molecule is CCOC(=O)c1cc2n(n1)C[C@@](C)(C(=O)NC1CCCCC1)N(c1cccc(F)c1)C2=O. The maximum Gasteiger partial charge on any atom is 0.358 e. The fourth-order valence-corrected chi connectivity index (χ4v) is 4.49. The summed E-state index contributed by atoms with van der Waals surface area (Å²) >= 11 is 0. The lowest BCUT2D eigenvalue weighted by atomic mass is 9.91. The van der Waals surface area contributed by atoms with Crippen molar-refractivity contribution in [1.29, 1.82) is 0 Å². The number of carbonyl (C=O) groups is 3. The predicted octanol–water partition coefficient (Wildman–Crippen LogP) is 3.07. The van der Waals surface area contributed by atoms with Gasteiger partial charge in [-0.3, -0.25) is 19.2 Å². The van der Waals surface area contributed by atoms with E-state index < -0.39 is 23.2 Å². The van der Waals surface area contributed by atoms with Crippen LogP contribution in [0.3, 0.4) is 0 Å². The van der Waals surface area contributed by atoms with Crippen LogP contribution in [0.5, 0.6) is 0 Å². The first-order valence-corrected chi connectivity index (χ1v) is 11.0. The molecule has 2 aromatic rings. The molecule has 1 fully saturated rings. The zero-order valence-electron chi connectivity index (χ0n) is 18.3.